The van der Waals surface area contributed by atoms with Crippen LogP contribution in [0.2, 0.25) is 5.28 Å². The number of amides is 3. The van der Waals surface area contributed by atoms with E-state index < -0.39 is 29.3 Å². The van der Waals surface area contributed by atoms with E-state index in [9.17, 15) is 14.4 Å². The Morgan fingerprint density at radius 2 is 1.97 bits per heavy atom. The van der Waals surface area contributed by atoms with E-state index in [1.165, 1.54) is 25.4 Å². The van der Waals surface area contributed by atoms with Crippen molar-refractivity contribution in [3.8, 4) is 23.0 Å². The van der Waals surface area contributed by atoms with Crippen molar-refractivity contribution in [1.82, 2.24) is 30.2 Å². The molecule has 0 radical (unpaired) electrons. The summed E-state index contributed by atoms with van der Waals surface area (Å²) in [7, 11) is 0. The largest absolute Gasteiger partial charge is 0.443 e. The van der Waals surface area contributed by atoms with Crippen molar-refractivity contribution in [3.05, 3.63) is 52.4 Å². The number of aromatic nitrogens is 4. The third kappa shape index (κ3) is 5.85. The van der Waals surface area contributed by atoms with Crippen LogP contribution in [-0.4, -0.2) is 54.9 Å². The van der Waals surface area contributed by atoms with Gasteiger partial charge in [-0.15, -0.1) is 0 Å². The second-order valence-corrected chi connectivity index (χ2v) is 9.55. The molecule has 1 aliphatic heterocycles. The number of nitrogens with one attached hydrogen (secondary N) is 2. The lowest BCUT2D eigenvalue weighted by atomic mass is 10.1. The minimum Gasteiger partial charge on any atom is -0.443 e. The van der Waals surface area contributed by atoms with Crippen LogP contribution in [0.5, 0.6) is 11.8 Å². The number of ether oxygens (including phenoxy) is 2. The second-order valence-electron chi connectivity index (χ2n) is 9.22. The van der Waals surface area contributed by atoms with Gasteiger partial charge in [-0.3, -0.25) is 9.59 Å². The number of aromatic amines is 1. The Hall–Kier alpha value is -4.06. The fraction of sp³-hybridized carbons (Fsp3) is 0.333. The summed E-state index contributed by atoms with van der Waals surface area (Å²) in [5.74, 6) is -2.30. The van der Waals surface area contributed by atoms with Gasteiger partial charge in [-0.1, -0.05) is 0 Å². The van der Waals surface area contributed by atoms with Gasteiger partial charge in [-0.25, -0.2) is 24.1 Å². The van der Waals surface area contributed by atoms with Crippen LogP contribution in [0.1, 0.15) is 49.3 Å². The Morgan fingerprint density at radius 1 is 1.22 bits per heavy atom. The van der Waals surface area contributed by atoms with E-state index in [1.54, 1.807) is 26.8 Å². The van der Waals surface area contributed by atoms with Crippen molar-refractivity contribution in [1.29, 1.82) is 0 Å². The van der Waals surface area contributed by atoms with E-state index in [-0.39, 0.29) is 34.7 Å². The predicted octanol–water partition coefficient (Wildman–Crippen LogP) is 4.02. The highest BCUT2D eigenvalue weighted by Crippen LogP contribution is 2.32. The Kier molecular flexibility index (Phi) is 7.12. The maximum atomic E-state index is 15.5. The van der Waals surface area contributed by atoms with E-state index in [1.807, 2.05) is 0 Å². The fourth-order valence-electron chi connectivity index (χ4n) is 3.59. The van der Waals surface area contributed by atoms with Crippen LogP contribution in [0.4, 0.5) is 9.18 Å². The number of rotatable bonds is 5. The van der Waals surface area contributed by atoms with Crippen LogP contribution in [0.3, 0.4) is 0 Å². The molecule has 0 saturated heterocycles. The van der Waals surface area contributed by atoms with E-state index >= 15 is 4.39 Å². The van der Waals surface area contributed by atoms with Gasteiger partial charge in [0.15, 0.2) is 5.82 Å². The molecule has 0 atom stereocenters. The van der Waals surface area contributed by atoms with Crippen molar-refractivity contribution in [2.24, 2.45) is 0 Å². The van der Waals surface area contributed by atoms with Crippen LogP contribution in [0.25, 0.3) is 11.3 Å². The molecule has 4 heterocycles. The Balaban J connectivity index is 1.65. The zero-order chi connectivity index (χ0) is 26.9. The van der Waals surface area contributed by atoms with Gasteiger partial charge in [0.05, 0.1) is 17.7 Å². The molecule has 0 bridgehead atoms. The minimum absolute atomic E-state index is 0.119. The van der Waals surface area contributed by atoms with Gasteiger partial charge in [-0.2, -0.15) is 4.98 Å². The molecule has 0 spiro atoms. The molecule has 13 heteroatoms. The predicted molar refractivity (Wildman–Crippen MR) is 130 cm³/mol. The summed E-state index contributed by atoms with van der Waals surface area (Å²) >= 11 is 5.94. The lowest BCUT2D eigenvalue weighted by Crippen LogP contribution is -2.39. The number of H-pyrrole nitrogens is 1. The SMILES string of the molecule is CC(=O)N(Cc1cnc(Cl)nc1Oc1nccc(-c2cc3c([nH]2)CCNC3=O)c1F)C(=O)OC(C)(C)C. The highest BCUT2D eigenvalue weighted by molar-refractivity contribution is 6.28. The number of halogens is 2. The fourth-order valence-corrected chi connectivity index (χ4v) is 3.72. The maximum Gasteiger partial charge on any atom is 0.417 e. The molecule has 0 aromatic carbocycles. The summed E-state index contributed by atoms with van der Waals surface area (Å²) in [6.07, 6.45) is 2.29. The molecule has 4 rings (SSSR count). The summed E-state index contributed by atoms with van der Waals surface area (Å²) in [6, 6.07) is 3.00. The van der Waals surface area contributed by atoms with Crippen LogP contribution in [0.15, 0.2) is 24.5 Å². The Bertz CT molecular complexity index is 1390. The van der Waals surface area contributed by atoms with Gasteiger partial charge in [0.25, 0.3) is 11.8 Å². The molecule has 3 aromatic heterocycles. The third-order valence-electron chi connectivity index (χ3n) is 5.26. The average molecular weight is 531 g/mol. The topological polar surface area (TPSA) is 139 Å². The van der Waals surface area contributed by atoms with Crippen molar-refractivity contribution < 1.29 is 28.2 Å². The molecule has 0 fully saturated rings. The van der Waals surface area contributed by atoms with Gasteiger partial charge in [0.1, 0.15) is 5.60 Å². The molecular weight excluding hydrogens is 507 g/mol. The highest BCUT2D eigenvalue weighted by Gasteiger charge is 2.28. The van der Waals surface area contributed by atoms with Gasteiger partial charge in [0.2, 0.25) is 17.1 Å². The van der Waals surface area contributed by atoms with E-state index in [0.717, 1.165) is 4.90 Å². The van der Waals surface area contributed by atoms with Crippen molar-refractivity contribution >= 4 is 29.5 Å². The Labute approximate surface area is 216 Å². The third-order valence-corrected chi connectivity index (χ3v) is 5.45. The quantitative estimate of drug-likeness (QED) is 0.471. The van der Waals surface area contributed by atoms with Crippen LogP contribution >= 0.6 is 11.6 Å². The smallest absolute Gasteiger partial charge is 0.417 e. The van der Waals surface area contributed by atoms with Gasteiger partial charge in [-0.05, 0) is 44.5 Å². The Morgan fingerprint density at radius 3 is 2.65 bits per heavy atom. The summed E-state index contributed by atoms with van der Waals surface area (Å²) < 4.78 is 26.5. The van der Waals surface area contributed by atoms with Crippen LogP contribution in [0, 0.1) is 5.82 Å². The number of carbonyl (C=O) groups excluding carboxylic acids is 3. The number of pyridine rings is 1. The van der Waals surface area contributed by atoms with E-state index in [4.69, 9.17) is 21.1 Å². The molecule has 0 unspecified atom stereocenters. The zero-order valence-electron chi connectivity index (χ0n) is 20.5. The molecule has 3 amide bonds. The van der Waals surface area contributed by atoms with Gasteiger partial charge < -0.3 is 19.8 Å². The maximum absolute atomic E-state index is 15.5. The van der Waals surface area contributed by atoms with Crippen LogP contribution < -0.4 is 10.1 Å². The molecule has 194 valence electrons. The number of hydrogen-bond acceptors (Lipinski definition) is 8. The van der Waals surface area contributed by atoms with E-state index in [2.05, 4.69) is 25.3 Å². The first-order valence-electron chi connectivity index (χ1n) is 11.3. The van der Waals surface area contributed by atoms with Gasteiger partial charge >= 0.3 is 6.09 Å². The number of carbonyl (C=O) groups is 3. The summed E-state index contributed by atoms with van der Waals surface area (Å²) in [5, 5.41) is 2.54. The molecule has 11 nitrogen and oxygen atoms in total. The number of imide groups is 1. The lowest BCUT2D eigenvalue weighted by molar-refractivity contribution is -0.128. The van der Waals surface area contributed by atoms with Gasteiger partial charge in [0, 0.05) is 49.2 Å². The number of hydrogen-bond donors (Lipinski definition) is 2. The molecule has 2 N–H and O–H groups in total. The number of nitrogens with zero attached hydrogens (tertiary/aromatic N) is 4. The normalized spacial score (nSPS) is 13.0. The standard InChI is InChI=1S/C24H24ClFN6O5/c1-12(33)32(23(35)37-24(2,3)4)11-13-10-29-22(25)31-20(13)36-21-18(26)14(5-7-28-21)17-9-15-16(30-17)6-8-27-19(15)34/h5,7,9-10,30H,6,8,11H2,1-4H3,(H,27,34). The van der Waals surface area contributed by atoms with Crippen molar-refractivity contribution in [2.45, 2.75) is 46.3 Å². The first-order valence-corrected chi connectivity index (χ1v) is 11.7. The first-order chi connectivity index (χ1) is 17.4. The molecule has 3 aromatic rings. The average Bonchev–Trinajstić information content (AvgIpc) is 3.24. The number of fused-ring (bicyclic) bond motifs is 1. The van der Waals surface area contributed by atoms with Crippen molar-refractivity contribution in [3.63, 3.8) is 0 Å². The minimum atomic E-state index is -0.882. The summed E-state index contributed by atoms with van der Waals surface area (Å²) in [4.78, 5) is 52.6. The molecule has 0 saturated carbocycles. The molecule has 37 heavy (non-hydrogen) atoms. The molecular formula is C24H24ClFN6O5. The highest BCUT2D eigenvalue weighted by atomic mass is 35.5. The summed E-state index contributed by atoms with van der Waals surface area (Å²) in [5.41, 5.74) is 0.953. The summed E-state index contributed by atoms with van der Waals surface area (Å²) in [6.45, 7) is 6.35. The molecule has 0 aliphatic carbocycles. The lowest BCUT2D eigenvalue weighted by Gasteiger charge is -2.25. The second kappa shape index (κ2) is 10.1. The van der Waals surface area contributed by atoms with E-state index in [0.29, 0.717) is 29.9 Å². The zero-order valence-corrected chi connectivity index (χ0v) is 21.3. The first kappa shape index (κ1) is 26.0. The van der Waals surface area contributed by atoms with Crippen LogP contribution in [-0.2, 0) is 22.5 Å². The monoisotopic (exact) mass is 530 g/mol. The van der Waals surface area contributed by atoms with Crippen molar-refractivity contribution in [2.75, 3.05) is 6.54 Å². The molecule has 1 aliphatic rings.